The van der Waals surface area contributed by atoms with Crippen LogP contribution in [0.15, 0.2) is 43.2 Å². The monoisotopic (exact) mass is 459 g/mol. The van der Waals surface area contributed by atoms with Crippen molar-refractivity contribution in [3.05, 3.63) is 54.4 Å². The summed E-state index contributed by atoms with van der Waals surface area (Å²) in [4.78, 5) is 36.2. The van der Waals surface area contributed by atoms with Gasteiger partial charge in [-0.3, -0.25) is 14.8 Å². The summed E-state index contributed by atoms with van der Waals surface area (Å²) in [6.45, 7) is 1.18. The van der Waals surface area contributed by atoms with Crippen LogP contribution in [0.1, 0.15) is 28.8 Å². The van der Waals surface area contributed by atoms with E-state index in [0.717, 1.165) is 18.9 Å². The van der Waals surface area contributed by atoms with Crippen LogP contribution < -0.4 is 5.32 Å². The minimum Gasteiger partial charge on any atom is -0.337 e. The molecule has 9 nitrogen and oxygen atoms in total. The Morgan fingerprint density at radius 2 is 1.91 bits per heavy atom. The lowest BCUT2D eigenvalue weighted by Crippen LogP contribution is -2.67. The smallest absolute Gasteiger partial charge is 0.337 e. The number of hydrogen-bond donors (Lipinski definition) is 1. The molecule has 2 aliphatic rings. The number of aromatic nitrogens is 4. The summed E-state index contributed by atoms with van der Waals surface area (Å²) in [5.41, 5.74) is 0.176. The lowest BCUT2D eigenvalue weighted by molar-refractivity contribution is -0.137. The number of nitrogens with one attached hydrogen (secondary N) is 1. The van der Waals surface area contributed by atoms with E-state index >= 15 is 0 Å². The number of carbonyl (C=O) groups excluding carboxylic acids is 2. The molecule has 1 spiro atoms. The predicted octanol–water partition coefficient (Wildman–Crippen LogP) is 2.91. The summed E-state index contributed by atoms with van der Waals surface area (Å²) in [7, 11) is 1.61. The van der Waals surface area contributed by atoms with Crippen LogP contribution in [0.25, 0.3) is 5.52 Å². The Balaban J connectivity index is 1.15. The number of pyridine rings is 1. The molecule has 1 N–H and O–H groups in total. The Morgan fingerprint density at radius 3 is 2.64 bits per heavy atom. The highest BCUT2D eigenvalue weighted by Gasteiger charge is 2.55. The van der Waals surface area contributed by atoms with Gasteiger partial charge in [-0.1, -0.05) is 0 Å². The number of fused-ring (bicyclic) bond motifs is 1. The summed E-state index contributed by atoms with van der Waals surface area (Å²) < 4.78 is 40.1. The number of likely N-dealkylation sites (tertiary alicyclic amines) is 1. The average Bonchev–Trinajstić information content (AvgIpc) is 3.15. The lowest BCUT2D eigenvalue weighted by atomic mass is 9.60. The number of carbonyl (C=O) groups is 2. The van der Waals surface area contributed by atoms with Gasteiger partial charge in [0.1, 0.15) is 0 Å². The van der Waals surface area contributed by atoms with Crippen molar-refractivity contribution >= 4 is 23.1 Å². The Kier molecular flexibility index (Phi) is 4.76. The van der Waals surface area contributed by atoms with E-state index in [-0.39, 0.29) is 23.1 Å². The maximum absolute atomic E-state index is 12.8. The third-order valence-electron chi connectivity index (χ3n) is 6.42. The van der Waals surface area contributed by atoms with Crippen LogP contribution in [0, 0.1) is 5.41 Å². The SMILES string of the molecule is CN(C(=O)Nc1cncc(C(F)(F)F)c1)C1CC2(C1)CN(C(=O)c1cnn3ccncc13)C2. The van der Waals surface area contributed by atoms with Crippen LogP contribution in [0.5, 0.6) is 0 Å². The molecule has 1 saturated carbocycles. The quantitative estimate of drug-likeness (QED) is 0.650. The number of rotatable bonds is 3. The second-order valence-corrected chi connectivity index (χ2v) is 8.69. The molecule has 1 aliphatic carbocycles. The van der Waals surface area contributed by atoms with E-state index in [2.05, 4.69) is 20.4 Å². The van der Waals surface area contributed by atoms with Gasteiger partial charge < -0.3 is 15.1 Å². The second-order valence-electron chi connectivity index (χ2n) is 8.69. The third kappa shape index (κ3) is 3.74. The van der Waals surface area contributed by atoms with E-state index in [4.69, 9.17) is 0 Å². The van der Waals surface area contributed by atoms with Gasteiger partial charge in [0.25, 0.3) is 5.91 Å². The molecule has 33 heavy (non-hydrogen) atoms. The molecule has 4 heterocycles. The van der Waals surface area contributed by atoms with Crippen LogP contribution in [0.2, 0.25) is 0 Å². The van der Waals surface area contributed by atoms with Gasteiger partial charge in [-0.25, -0.2) is 9.31 Å². The Hall–Kier alpha value is -3.70. The topological polar surface area (TPSA) is 95.7 Å². The zero-order valence-electron chi connectivity index (χ0n) is 17.6. The maximum atomic E-state index is 12.8. The molecule has 1 aliphatic heterocycles. The molecule has 2 fully saturated rings. The molecule has 0 atom stereocenters. The first-order valence-electron chi connectivity index (χ1n) is 10.3. The van der Waals surface area contributed by atoms with Gasteiger partial charge in [-0.2, -0.15) is 18.3 Å². The summed E-state index contributed by atoms with van der Waals surface area (Å²) >= 11 is 0. The molecule has 3 aromatic rings. The van der Waals surface area contributed by atoms with E-state index in [1.165, 1.54) is 17.3 Å². The lowest BCUT2D eigenvalue weighted by Gasteiger charge is -2.60. The molecule has 172 valence electrons. The summed E-state index contributed by atoms with van der Waals surface area (Å²) in [5, 5.41) is 6.64. The fourth-order valence-corrected chi connectivity index (χ4v) is 4.59. The molecule has 3 amide bonds. The molecule has 5 rings (SSSR count). The van der Waals surface area contributed by atoms with Crippen LogP contribution in [0.4, 0.5) is 23.7 Å². The van der Waals surface area contributed by atoms with Crippen molar-refractivity contribution in [1.82, 2.24) is 29.4 Å². The third-order valence-corrected chi connectivity index (χ3v) is 6.42. The van der Waals surface area contributed by atoms with Gasteiger partial charge in [0.2, 0.25) is 0 Å². The summed E-state index contributed by atoms with van der Waals surface area (Å²) in [6, 6.07) is 0.302. The normalized spacial score (nSPS) is 17.5. The first-order chi connectivity index (χ1) is 15.7. The van der Waals surface area contributed by atoms with E-state index in [0.29, 0.717) is 30.4 Å². The van der Waals surface area contributed by atoms with Crippen molar-refractivity contribution in [2.45, 2.75) is 25.1 Å². The fourth-order valence-electron chi connectivity index (χ4n) is 4.59. The predicted molar refractivity (Wildman–Crippen MR) is 110 cm³/mol. The van der Waals surface area contributed by atoms with Crippen LogP contribution in [0.3, 0.4) is 0 Å². The van der Waals surface area contributed by atoms with Gasteiger partial charge in [-0.15, -0.1) is 0 Å². The maximum Gasteiger partial charge on any atom is 0.417 e. The molecule has 0 aromatic carbocycles. The first-order valence-corrected chi connectivity index (χ1v) is 10.3. The number of nitrogens with zero attached hydrogens (tertiary/aromatic N) is 6. The van der Waals surface area contributed by atoms with Crippen LogP contribution >= 0.6 is 0 Å². The van der Waals surface area contributed by atoms with Crippen molar-refractivity contribution in [2.75, 3.05) is 25.5 Å². The van der Waals surface area contributed by atoms with E-state index in [9.17, 15) is 22.8 Å². The second kappa shape index (κ2) is 7.42. The Bertz CT molecular complexity index is 1230. The minimum absolute atomic E-state index is 0.0148. The fraction of sp³-hybridized carbons (Fsp3) is 0.381. The number of halogens is 3. The molecule has 1 saturated heterocycles. The Labute approximate surface area is 186 Å². The van der Waals surface area contributed by atoms with Crippen molar-refractivity contribution in [3.63, 3.8) is 0 Å². The van der Waals surface area contributed by atoms with Crippen molar-refractivity contribution in [3.8, 4) is 0 Å². The molecule has 3 aromatic heterocycles. The van der Waals surface area contributed by atoms with E-state index in [1.807, 2.05) is 0 Å². The molecule has 12 heteroatoms. The highest BCUT2D eigenvalue weighted by atomic mass is 19.4. The zero-order valence-corrected chi connectivity index (χ0v) is 17.6. The van der Waals surface area contributed by atoms with E-state index < -0.39 is 17.8 Å². The number of anilines is 1. The largest absolute Gasteiger partial charge is 0.417 e. The molecular weight excluding hydrogens is 439 g/mol. The van der Waals surface area contributed by atoms with Gasteiger partial charge in [0.05, 0.1) is 40.9 Å². The average molecular weight is 459 g/mol. The number of urea groups is 1. The van der Waals surface area contributed by atoms with Crippen LogP contribution in [-0.2, 0) is 6.18 Å². The standard InChI is InChI=1S/C21H20F3N7O2/c1-29(19(33)28-14-4-13(7-26-8-14)21(22,23)24)15-5-20(6-15)11-30(12-20)18(32)16-9-27-31-3-2-25-10-17(16)31/h2-4,7-10,15H,5-6,11-12H2,1H3,(H,28,33). The van der Waals surface area contributed by atoms with Crippen LogP contribution in [-0.4, -0.2) is 67.5 Å². The highest BCUT2D eigenvalue weighted by molar-refractivity contribution is 6.01. The molecule has 0 radical (unpaired) electrons. The summed E-state index contributed by atoms with van der Waals surface area (Å²) in [6.07, 6.45) is 5.20. The zero-order chi connectivity index (χ0) is 23.4. The highest BCUT2D eigenvalue weighted by Crippen LogP contribution is 2.50. The molecule has 0 bridgehead atoms. The van der Waals surface area contributed by atoms with Gasteiger partial charge in [0.15, 0.2) is 0 Å². The van der Waals surface area contributed by atoms with Crippen molar-refractivity contribution in [2.24, 2.45) is 5.41 Å². The minimum atomic E-state index is -4.53. The number of hydrogen-bond acceptors (Lipinski definition) is 5. The van der Waals surface area contributed by atoms with Gasteiger partial charge in [-0.05, 0) is 18.9 Å². The van der Waals surface area contributed by atoms with Crippen molar-refractivity contribution < 1.29 is 22.8 Å². The van der Waals surface area contributed by atoms with Gasteiger partial charge in [0, 0.05) is 50.2 Å². The number of amides is 3. The molecule has 0 unspecified atom stereocenters. The van der Waals surface area contributed by atoms with E-state index in [1.54, 1.807) is 35.1 Å². The van der Waals surface area contributed by atoms with Gasteiger partial charge >= 0.3 is 12.2 Å². The van der Waals surface area contributed by atoms with Crippen molar-refractivity contribution in [1.29, 1.82) is 0 Å². The first kappa shape index (κ1) is 21.2. The number of alkyl halides is 3. The molecular formula is C21H20F3N7O2. The Morgan fingerprint density at radius 1 is 1.15 bits per heavy atom. The summed E-state index contributed by atoms with van der Waals surface area (Å²) in [5.74, 6) is -0.102.